The lowest BCUT2D eigenvalue weighted by atomic mass is 10.2. The second kappa shape index (κ2) is 6.31. The molecule has 2 aromatic rings. The van der Waals surface area contributed by atoms with Crippen LogP contribution in [0.15, 0.2) is 47.6 Å². The molecule has 0 heterocycles. The number of hydrogen-bond acceptors (Lipinski definition) is 7. The average Bonchev–Trinajstić information content (AvgIpc) is 2.49. The van der Waals surface area contributed by atoms with Crippen LogP contribution in [0, 0.1) is 20.2 Å². The number of nitrogens with two attached hydrogens (primary N) is 1. The van der Waals surface area contributed by atoms with Crippen LogP contribution in [0.1, 0.15) is 5.56 Å². The Morgan fingerprint density at radius 3 is 2.41 bits per heavy atom. The molecule has 0 spiro atoms. The summed E-state index contributed by atoms with van der Waals surface area (Å²) < 4.78 is 5.48. The van der Waals surface area contributed by atoms with Gasteiger partial charge in [-0.25, -0.2) is 0 Å². The first kappa shape index (κ1) is 14.9. The largest absolute Gasteiger partial charge is 0.449 e. The average molecular weight is 302 g/mol. The number of ether oxygens (including phenoxy) is 1. The second-order valence-corrected chi connectivity index (χ2v) is 4.08. The molecule has 0 unspecified atom stereocenters. The highest BCUT2D eigenvalue weighted by Crippen LogP contribution is 2.35. The first-order valence-electron chi connectivity index (χ1n) is 5.96. The van der Waals surface area contributed by atoms with Gasteiger partial charge in [-0.1, -0.05) is 12.1 Å². The van der Waals surface area contributed by atoms with Gasteiger partial charge in [0, 0.05) is 11.6 Å². The van der Waals surface area contributed by atoms with Gasteiger partial charge < -0.3 is 10.6 Å². The Bertz CT molecular complexity index is 760. The molecule has 0 saturated carbocycles. The minimum absolute atomic E-state index is 0.117. The molecule has 112 valence electrons. The lowest BCUT2D eigenvalue weighted by Gasteiger charge is -2.08. The smallest absolute Gasteiger partial charge is 0.318 e. The van der Waals surface area contributed by atoms with Crippen LogP contribution >= 0.6 is 0 Å². The van der Waals surface area contributed by atoms with Crippen molar-refractivity contribution in [3.63, 3.8) is 0 Å². The Morgan fingerprint density at radius 2 is 1.77 bits per heavy atom. The molecule has 0 saturated heterocycles. The predicted octanol–water partition coefficient (Wildman–Crippen LogP) is 2.59. The number of non-ortho nitro benzene ring substituents is 1. The van der Waals surface area contributed by atoms with Crippen LogP contribution < -0.4 is 10.6 Å². The zero-order valence-corrected chi connectivity index (χ0v) is 11.1. The van der Waals surface area contributed by atoms with Gasteiger partial charge in [0.15, 0.2) is 0 Å². The van der Waals surface area contributed by atoms with Crippen molar-refractivity contribution in [3.8, 4) is 11.5 Å². The highest BCUT2D eigenvalue weighted by atomic mass is 16.6. The Hall–Kier alpha value is -3.49. The molecule has 22 heavy (non-hydrogen) atoms. The molecule has 0 atom stereocenters. The van der Waals surface area contributed by atoms with E-state index < -0.39 is 21.2 Å². The summed E-state index contributed by atoms with van der Waals surface area (Å²) in [5, 5.41) is 25.1. The monoisotopic (exact) mass is 302 g/mol. The van der Waals surface area contributed by atoms with Gasteiger partial charge in [0.05, 0.1) is 22.1 Å². The van der Waals surface area contributed by atoms with Gasteiger partial charge in [0.2, 0.25) is 5.75 Å². The molecule has 0 amide bonds. The van der Waals surface area contributed by atoms with E-state index in [4.69, 9.17) is 10.6 Å². The summed E-state index contributed by atoms with van der Waals surface area (Å²) in [6.07, 6.45) is 1.33. The third-order valence-corrected chi connectivity index (χ3v) is 2.70. The van der Waals surface area contributed by atoms with Crippen molar-refractivity contribution in [3.05, 3.63) is 68.3 Å². The lowest BCUT2D eigenvalue weighted by molar-refractivity contribution is -0.394. The highest BCUT2D eigenvalue weighted by Gasteiger charge is 2.21. The summed E-state index contributed by atoms with van der Waals surface area (Å²) in [6.45, 7) is 0. The topological polar surface area (TPSA) is 134 Å². The zero-order chi connectivity index (χ0) is 16.1. The van der Waals surface area contributed by atoms with Crippen molar-refractivity contribution in [1.29, 1.82) is 0 Å². The van der Waals surface area contributed by atoms with Crippen molar-refractivity contribution in [2.45, 2.75) is 0 Å². The molecule has 9 heteroatoms. The Balaban J connectivity index is 2.46. The van der Waals surface area contributed by atoms with Gasteiger partial charge >= 0.3 is 5.69 Å². The maximum absolute atomic E-state index is 11.1. The first-order chi connectivity index (χ1) is 10.5. The van der Waals surface area contributed by atoms with Gasteiger partial charge in [0.25, 0.3) is 5.69 Å². The highest BCUT2D eigenvalue weighted by molar-refractivity contribution is 5.83. The molecule has 0 aliphatic carbocycles. The minimum Gasteiger partial charge on any atom is -0.449 e. The van der Waals surface area contributed by atoms with Crippen LogP contribution in [-0.4, -0.2) is 16.1 Å². The fourth-order valence-corrected chi connectivity index (χ4v) is 1.73. The van der Waals surface area contributed by atoms with Crippen molar-refractivity contribution < 1.29 is 14.6 Å². The number of benzene rings is 2. The number of nitro benzene ring substituents is 2. The summed E-state index contributed by atoms with van der Waals surface area (Å²) in [5.74, 6) is 5.25. The third kappa shape index (κ3) is 3.15. The number of nitrogens with zero attached hydrogens (tertiary/aromatic N) is 3. The van der Waals surface area contributed by atoms with E-state index in [0.29, 0.717) is 5.56 Å². The number of nitro groups is 2. The third-order valence-electron chi connectivity index (χ3n) is 2.70. The molecule has 0 bridgehead atoms. The van der Waals surface area contributed by atoms with E-state index in [1.54, 1.807) is 24.3 Å². The molecule has 0 aliphatic heterocycles. The Morgan fingerprint density at radius 1 is 1.05 bits per heavy atom. The first-order valence-corrected chi connectivity index (χ1v) is 5.96. The Kier molecular flexibility index (Phi) is 4.27. The lowest BCUT2D eigenvalue weighted by Crippen LogP contribution is -1.98. The molecule has 2 N–H and O–H groups in total. The van der Waals surface area contributed by atoms with Gasteiger partial charge in [-0.15, -0.1) is 0 Å². The van der Waals surface area contributed by atoms with Crippen LogP contribution in [0.5, 0.6) is 11.5 Å². The summed E-state index contributed by atoms with van der Waals surface area (Å²) in [7, 11) is 0. The molecule has 2 rings (SSSR count). The Labute approximate surface area is 123 Å². The van der Waals surface area contributed by atoms with Gasteiger partial charge in [0.1, 0.15) is 5.75 Å². The summed E-state index contributed by atoms with van der Waals surface area (Å²) >= 11 is 0. The molecule has 9 nitrogen and oxygen atoms in total. The summed E-state index contributed by atoms with van der Waals surface area (Å²) in [6, 6.07) is 9.75. The van der Waals surface area contributed by atoms with E-state index in [2.05, 4.69) is 5.10 Å². The molecular weight excluding hydrogens is 292 g/mol. The van der Waals surface area contributed by atoms with Crippen molar-refractivity contribution >= 4 is 17.6 Å². The fourth-order valence-electron chi connectivity index (χ4n) is 1.73. The number of hydrazone groups is 1. The zero-order valence-electron chi connectivity index (χ0n) is 11.1. The summed E-state index contributed by atoms with van der Waals surface area (Å²) in [5.41, 5.74) is -0.387. The van der Waals surface area contributed by atoms with Crippen LogP contribution in [0.25, 0.3) is 0 Å². The molecular formula is C13H10N4O5. The summed E-state index contributed by atoms with van der Waals surface area (Å²) in [4.78, 5) is 20.3. The fraction of sp³-hybridized carbons (Fsp3) is 0. The predicted molar refractivity (Wildman–Crippen MR) is 78.0 cm³/mol. The molecule has 2 aromatic carbocycles. The van der Waals surface area contributed by atoms with E-state index in [1.165, 1.54) is 12.3 Å². The standard InChI is InChI=1S/C13H10N4O5/c14-15-8-9-3-1-2-4-12(9)22-13-6-5-10(16(18)19)7-11(13)17(20)21/h1-8H,14H2. The van der Waals surface area contributed by atoms with E-state index in [1.807, 2.05) is 0 Å². The maximum atomic E-state index is 11.1. The van der Waals surface area contributed by atoms with Crippen molar-refractivity contribution in [1.82, 2.24) is 0 Å². The number of rotatable bonds is 5. The van der Waals surface area contributed by atoms with Crippen LogP contribution in [0.4, 0.5) is 11.4 Å². The van der Waals surface area contributed by atoms with Crippen LogP contribution in [-0.2, 0) is 0 Å². The molecule has 0 radical (unpaired) electrons. The van der Waals surface area contributed by atoms with E-state index in [-0.39, 0.29) is 11.5 Å². The van der Waals surface area contributed by atoms with Crippen LogP contribution in [0.3, 0.4) is 0 Å². The molecule has 0 fully saturated rings. The van der Waals surface area contributed by atoms with E-state index in [9.17, 15) is 20.2 Å². The van der Waals surface area contributed by atoms with E-state index >= 15 is 0 Å². The maximum Gasteiger partial charge on any atom is 0.318 e. The number of hydrogen-bond donors (Lipinski definition) is 1. The normalized spacial score (nSPS) is 10.5. The van der Waals surface area contributed by atoms with Gasteiger partial charge in [-0.05, 0) is 18.2 Å². The second-order valence-electron chi connectivity index (χ2n) is 4.08. The van der Waals surface area contributed by atoms with Gasteiger partial charge in [-0.3, -0.25) is 20.2 Å². The van der Waals surface area contributed by atoms with Crippen LogP contribution in [0.2, 0.25) is 0 Å². The SMILES string of the molecule is NN=Cc1ccccc1Oc1ccc([N+](=O)[O-])cc1[N+](=O)[O-]. The van der Waals surface area contributed by atoms with Crippen molar-refractivity contribution in [2.24, 2.45) is 10.9 Å². The van der Waals surface area contributed by atoms with Crippen molar-refractivity contribution in [2.75, 3.05) is 0 Å². The van der Waals surface area contributed by atoms with E-state index in [0.717, 1.165) is 12.1 Å². The quantitative estimate of drug-likeness (QED) is 0.390. The minimum atomic E-state index is -0.748. The molecule has 0 aliphatic rings. The number of para-hydroxylation sites is 1. The van der Waals surface area contributed by atoms with Gasteiger partial charge in [-0.2, -0.15) is 5.10 Å². The molecule has 0 aromatic heterocycles.